The summed E-state index contributed by atoms with van der Waals surface area (Å²) in [5, 5.41) is 5.75. The number of carbonyl (C=O) groups excluding carboxylic acids is 3. The zero-order valence-corrected chi connectivity index (χ0v) is 16.3. The minimum Gasteiger partial charge on any atom is -0.355 e. The Hall–Kier alpha value is -3.15. The van der Waals surface area contributed by atoms with Crippen molar-refractivity contribution < 1.29 is 14.4 Å². The monoisotopic (exact) mass is 391 g/mol. The first kappa shape index (κ1) is 19.2. The molecule has 2 aromatic carbocycles. The van der Waals surface area contributed by atoms with Crippen LogP contribution >= 0.6 is 0 Å². The molecular formula is C23H25N3O3. The molecule has 150 valence electrons. The van der Waals surface area contributed by atoms with E-state index in [1.54, 1.807) is 12.1 Å². The number of rotatable bonds is 5. The molecule has 2 aliphatic rings. The highest BCUT2D eigenvalue weighted by atomic mass is 16.2. The minimum absolute atomic E-state index is 0.0175. The lowest BCUT2D eigenvalue weighted by atomic mass is 9.83. The molecule has 29 heavy (non-hydrogen) atoms. The molecule has 1 atom stereocenters. The Balaban J connectivity index is 1.30. The van der Waals surface area contributed by atoms with Gasteiger partial charge in [-0.1, -0.05) is 36.4 Å². The van der Waals surface area contributed by atoms with Crippen LogP contribution in [0.15, 0.2) is 48.5 Å². The third kappa shape index (κ3) is 4.31. The normalized spacial score (nSPS) is 17.7. The molecule has 4 rings (SSSR count). The summed E-state index contributed by atoms with van der Waals surface area (Å²) in [4.78, 5) is 38.3. The average molecular weight is 391 g/mol. The van der Waals surface area contributed by atoms with Gasteiger partial charge in [-0.2, -0.15) is 0 Å². The number of hydrogen-bond donors (Lipinski definition) is 2. The van der Waals surface area contributed by atoms with Gasteiger partial charge in [0, 0.05) is 25.3 Å². The van der Waals surface area contributed by atoms with Crippen molar-refractivity contribution in [1.82, 2.24) is 5.32 Å². The van der Waals surface area contributed by atoms with Gasteiger partial charge in [-0.15, -0.1) is 0 Å². The molecule has 0 spiro atoms. The highest BCUT2D eigenvalue weighted by Crippen LogP contribution is 2.31. The summed E-state index contributed by atoms with van der Waals surface area (Å²) in [5.74, 6) is -0.239. The lowest BCUT2D eigenvalue weighted by molar-refractivity contribution is -0.125. The summed E-state index contributed by atoms with van der Waals surface area (Å²) in [6.07, 6.45) is 3.49. The van der Waals surface area contributed by atoms with E-state index in [0.717, 1.165) is 19.3 Å². The Bertz CT molecular complexity index is 940. The van der Waals surface area contributed by atoms with Crippen LogP contribution < -0.4 is 15.5 Å². The van der Waals surface area contributed by atoms with Crippen molar-refractivity contribution in [3.8, 4) is 0 Å². The van der Waals surface area contributed by atoms with Gasteiger partial charge >= 0.3 is 0 Å². The number of fused-ring (bicyclic) bond motifs is 2. The predicted molar refractivity (Wildman–Crippen MR) is 112 cm³/mol. The first-order valence-corrected chi connectivity index (χ1v) is 10.2. The average Bonchev–Trinajstić information content (AvgIpc) is 2.75. The number of nitrogens with one attached hydrogen (secondary N) is 2. The second-order valence-electron chi connectivity index (χ2n) is 7.64. The van der Waals surface area contributed by atoms with E-state index < -0.39 is 0 Å². The topological polar surface area (TPSA) is 78.5 Å². The Morgan fingerprint density at radius 3 is 2.76 bits per heavy atom. The second kappa shape index (κ2) is 8.47. The molecule has 1 aliphatic carbocycles. The van der Waals surface area contributed by atoms with E-state index in [9.17, 15) is 14.4 Å². The maximum atomic E-state index is 12.6. The molecule has 2 N–H and O–H groups in total. The van der Waals surface area contributed by atoms with Crippen molar-refractivity contribution in [1.29, 1.82) is 0 Å². The summed E-state index contributed by atoms with van der Waals surface area (Å²) in [6.45, 7) is 0.579. The van der Waals surface area contributed by atoms with Gasteiger partial charge in [-0.05, 0) is 42.5 Å². The number of nitrogens with zero attached hydrogens (tertiary/aromatic N) is 1. The number of carbonyl (C=O) groups is 3. The van der Waals surface area contributed by atoms with Crippen molar-refractivity contribution in [3.63, 3.8) is 0 Å². The fourth-order valence-electron chi connectivity index (χ4n) is 4.20. The van der Waals surface area contributed by atoms with E-state index in [-0.39, 0.29) is 37.1 Å². The largest absolute Gasteiger partial charge is 0.355 e. The molecule has 6 nitrogen and oxygen atoms in total. The van der Waals surface area contributed by atoms with Gasteiger partial charge in [0.05, 0.1) is 11.4 Å². The summed E-state index contributed by atoms with van der Waals surface area (Å²) >= 11 is 0. The number of para-hydroxylation sites is 2. The van der Waals surface area contributed by atoms with Crippen molar-refractivity contribution in [3.05, 3.63) is 59.7 Å². The van der Waals surface area contributed by atoms with Crippen LogP contribution in [0.4, 0.5) is 11.4 Å². The van der Waals surface area contributed by atoms with E-state index in [1.807, 2.05) is 18.2 Å². The number of amides is 3. The van der Waals surface area contributed by atoms with Crippen LogP contribution in [-0.4, -0.2) is 30.8 Å². The van der Waals surface area contributed by atoms with E-state index in [1.165, 1.54) is 16.0 Å². The fourth-order valence-corrected chi connectivity index (χ4v) is 4.20. The zero-order chi connectivity index (χ0) is 20.2. The van der Waals surface area contributed by atoms with E-state index in [2.05, 4.69) is 28.8 Å². The van der Waals surface area contributed by atoms with E-state index in [4.69, 9.17) is 0 Å². The standard InChI is InChI=1S/C23H25N3O3/c27-21(24-14-17-8-5-7-16-6-1-2-9-18(16)17)12-13-23(29)26-15-22(28)25-19-10-3-4-11-20(19)26/h1-4,6,9-11,17H,5,7-8,12-15H2,(H,24,27)(H,25,28). The molecule has 2 aromatic rings. The maximum absolute atomic E-state index is 12.6. The lowest BCUT2D eigenvalue weighted by Gasteiger charge is -2.29. The molecule has 0 fully saturated rings. The quantitative estimate of drug-likeness (QED) is 0.822. The predicted octanol–water partition coefficient (Wildman–Crippen LogP) is 2.99. The van der Waals surface area contributed by atoms with Gasteiger partial charge in [-0.3, -0.25) is 14.4 Å². The number of hydrogen-bond acceptors (Lipinski definition) is 3. The molecule has 0 bridgehead atoms. The molecule has 3 amide bonds. The molecule has 6 heteroatoms. The zero-order valence-electron chi connectivity index (χ0n) is 16.3. The van der Waals surface area contributed by atoms with Gasteiger partial charge < -0.3 is 15.5 Å². The summed E-state index contributed by atoms with van der Waals surface area (Å²) in [5.41, 5.74) is 4.00. The maximum Gasteiger partial charge on any atom is 0.244 e. The summed E-state index contributed by atoms with van der Waals surface area (Å²) in [7, 11) is 0. The first-order chi connectivity index (χ1) is 14.1. The van der Waals surface area contributed by atoms with Crippen LogP contribution in [0, 0.1) is 0 Å². The summed E-state index contributed by atoms with van der Waals surface area (Å²) < 4.78 is 0. The molecule has 0 radical (unpaired) electrons. The van der Waals surface area contributed by atoms with Crippen molar-refractivity contribution in [2.75, 3.05) is 23.3 Å². The van der Waals surface area contributed by atoms with Gasteiger partial charge in [0.1, 0.15) is 6.54 Å². The van der Waals surface area contributed by atoms with E-state index >= 15 is 0 Å². The molecule has 0 aromatic heterocycles. The van der Waals surface area contributed by atoms with Gasteiger partial charge in [0.15, 0.2) is 0 Å². The molecule has 0 saturated carbocycles. The number of benzene rings is 2. The van der Waals surface area contributed by atoms with Gasteiger partial charge in [0.2, 0.25) is 17.7 Å². The van der Waals surface area contributed by atoms with Crippen LogP contribution in [0.3, 0.4) is 0 Å². The minimum atomic E-state index is -0.225. The number of aryl methyl sites for hydroxylation is 1. The second-order valence-corrected chi connectivity index (χ2v) is 7.64. The first-order valence-electron chi connectivity index (χ1n) is 10.2. The SMILES string of the molecule is O=C(CCC(=O)N1CC(=O)Nc2ccccc21)NCC1CCCc2ccccc21. The van der Waals surface area contributed by atoms with Crippen LogP contribution in [0.2, 0.25) is 0 Å². The lowest BCUT2D eigenvalue weighted by Crippen LogP contribution is -2.42. The van der Waals surface area contributed by atoms with Gasteiger partial charge in [0.25, 0.3) is 0 Å². The van der Waals surface area contributed by atoms with E-state index in [0.29, 0.717) is 23.8 Å². The summed E-state index contributed by atoms with van der Waals surface area (Å²) in [6, 6.07) is 15.6. The smallest absolute Gasteiger partial charge is 0.244 e. The highest BCUT2D eigenvalue weighted by molar-refractivity contribution is 6.10. The van der Waals surface area contributed by atoms with Crippen LogP contribution in [-0.2, 0) is 20.8 Å². The van der Waals surface area contributed by atoms with Crippen molar-refractivity contribution in [2.45, 2.75) is 38.0 Å². The Morgan fingerprint density at radius 1 is 1.07 bits per heavy atom. The Labute approximate surface area is 170 Å². The van der Waals surface area contributed by atoms with Crippen LogP contribution in [0.1, 0.15) is 42.7 Å². The molecular weight excluding hydrogens is 366 g/mol. The third-order valence-corrected chi connectivity index (χ3v) is 5.68. The third-order valence-electron chi connectivity index (χ3n) is 5.68. The number of anilines is 2. The van der Waals surface area contributed by atoms with Crippen LogP contribution in [0.5, 0.6) is 0 Å². The highest BCUT2D eigenvalue weighted by Gasteiger charge is 2.27. The molecule has 1 unspecified atom stereocenters. The van der Waals surface area contributed by atoms with Crippen LogP contribution in [0.25, 0.3) is 0 Å². The van der Waals surface area contributed by atoms with Crippen molar-refractivity contribution in [2.24, 2.45) is 0 Å². The molecule has 1 aliphatic heterocycles. The Kier molecular flexibility index (Phi) is 5.60. The Morgan fingerprint density at radius 2 is 1.86 bits per heavy atom. The molecule has 0 saturated heterocycles. The van der Waals surface area contributed by atoms with Crippen molar-refractivity contribution >= 4 is 29.1 Å². The molecule has 1 heterocycles. The fraction of sp³-hybridized carbons (Fsp3) is 0.348. The van der Waals surface area contributed by atoms with Gasteiger partial charge in [-0.25, -0.2) is 0 Å².